The molecule has 0 bridgehead atoms. The van der Waals surface area contributed by atoms with Gasteiger partial charge in [-0.1, -0.05) is 6.08 Å². The van der Waals surface area contributed by atoms with Crippen LogP contribution in [-0.4, -0.2) is 33.0 Å². The normalized spacial score (nSPS) is 13.8. The quantitative estimate of drug-likeness (QED) is 0.400. The van der Waals surface area contributed by atoms with E-state index in [1.54, 1.807) is 0 Å². The Hall–Kier alpha value is -0.670. The summed E-state index contributed by atoms with van der Waals surface area (Å²) in [6, 6.07) is 0. The molecule has 9 heteroatoms. The second-order valence-electron chi connectivity index (χ2n) is 2.49. The van der Waals surface area contributed by atoms with Crippen LogP contribution in [0.4, 0.5) is 17.6 Å². The van der Waals surface area contributed by atoms with Crippen LogP contribution < -0.4 is 0 Å². The lowest BCUT2D eigenvalue weighted by atomic mass is 10.6. The third kappa shape index (κ3) is 2.92. The fourth-order valence-electron chi connectivity index (χ4n) is 0.622. The SMILES string of the molecule is C=CCOC(F)(F)C(F)(F)S(=O)(=O)OCC. The first-order valence-electron chi connectivity index (χ1n) is 4.02. The Morgan fingerprint density at radius 1 is 1.31 bits per heavy atom. The molecule has 0 aromatic carbocycles. The molecule has 0 N–H and O–H groups in total. The zero-order valence-electron chi connectivity index (χ0n) is 8.25. The van der Waals surface area contributed by atoms with E-state index in [-0.39, 0.29) is 0 Å². The molecule has 0 rings (SSSR count). The Labute approximate surface area is 90.0 Å². The first-order valence-corrected chi connectivity index (χ1v) is 5.42. The van der Waals surface area contributed by atoms with Gasteiger partial charge in [0, 0.05) is 0 Å². The molecule has 0 aliphatic rings. The molecule has 0 aliphatic carbocycles. The van der Waals surface area contributed by atoms with Crippen LogP contribution >= 0.6 is 0 Å². The maximum absolute atomic E-state index is 12.9. The summed E-state index contributed by atoms with van der Waals surface area (Å²) in [7, 11) is -5.74. The summed E-state index contributed by atoms with van der Waals surface area (Å²) in [6.07, 6.45) is -4.41. The number of hydrogen-bond acceptors (Lipinski definition) is 4. The standard InChI is InChI=1S/C7H10F4O4S/c1-3-5-14-6(8,9)7(10,11)16(12,13)15-4-2/h3H,1,4-5H2,2H3. The maximum Gasteiger partial charge on any atom is 0.460 e. The van der Waals surface area contributed by atoms with Gasteiger partial charge in [-0.15, -0.1) is 6.58 Å². The fraction of sp³-hybridized carbons (Fsp3) is 0.714. The summed E-state index contributed by atoms with van der Waals surface area (Å²) in [6.45, 7) is 2.41. The van der Waals surface area contributed by atoms with Crippen LogP contribution in [0.5, 0.6) is 0 Å². The average Bonchev–Trinajstić information content (AvgIpc) is 2.14. The van der Waals surface area contributed by atoms with Crippen molar-refractivity contribution in [2.45, 2.75) is 18.3 Å². The second kappa shape index (κ2) is 5.11. The summed E-state index contributed by atoms with van der Waals surface area (Å²) in [5.74, 6) is 0. The van der Waals surface area contributed by atoms with Gasteiger partial charge < -0.3 is 4.74 Å². The summed E-state index contributed by atoms with van der Waals surface area (Å²) >= 11 is 0. The summed E-state index contributed by atoms with van der Waals surface area (Å²) in [5, 5.41) is -5.46. The number of rotatable bonds is 7. The molecule has 0 atom stereocenters. The Morgan fingerprint density at radius 3 is 2.19 bits per heavy atom. The van der Waals surface area contributed by atoms with E-state index in [0.29, 0.717) is 0 Å². The lowest BCUT2D eigenvalue weighted by Crippen LogP contribution is -2.49. The first-order chi connectivity index (χ1) is 7.12. The van der Waals surface area contributed by atoms with E-state index in [9.17, 15) is 26.0 Å². The van der Waals surface area contributed by atoms with Crippen molar-refractivity contribution in [3.8, 4) is 0 Å². The van der Waals surface area contributed by atoms with Crippen molar-refractivity contribution < 1.29 is 34.9 Å². The largest absolute Gasteiger partial charge is 0.460 e. The van der Waals surface area contributed by atoms with E-state index in [2.05, 4.69) is 15.5 Å². The third-order valence-electron chi connectivity index (χ3n) is 1.31. The van der Waals surface area contributed by atoms with E-state index < -0.39 is 34.7 Å². The van der Waals surface area contributed by atoms with Gasteiger partial charge in [0.2, 0.25) is 0 Å². The van der Waals surface area contributed by atoms with Gasteiger partial charge in [-0.05, 0) is 6.92 Å². The molecule has 0 heterocycles. The molecule has 0 saturated heterocycles. The molecule has 0 amide bonds. The molecule has 4 nitrogen and oxygen atoms in total. The van der Waals surface area contributed by atoms with Crippen molar-refractivity contribution in [3.63, 3.8) is 0 Å². The van der Waals surface area contributed by atoms with Crippen molar-refractivity contribution in [3.05, 3.63) is 12.7 Å². The smallest absolute Gasteiger partial charge is 0.311 e. The van der Waals surface area contributed by atoms with Gasteiger partial charge in [0.15, 0.2) is 0 Å². The molecular weight excluding hydrogens is 256 g/mol. The molecule has 0 unspecified atom stereocenters. The highest BCUT2D eigenvalue weighted by atomic mass is 32.2. The number of ether oxygens (including phenoxy) is 1. The topological polar surface area (TPSA) is 52.6 Å². The van der Waals surface area contributed by atoms with Crippen molar-refractivity contribution in [1.82, 2.24) is 0 Å². The number of halogens is 4. The second-order valence-corrected chi connectivity index (χ2v) is 4.15. The van der Waals surface area contributed by atoms with Crippen LogP contribution in [0.1, 0.15) is 6.92 Å². The zero-order chi connectivity index (χ0) is 13.0. The molecule has 0 aliphatic heterocycles. The molecule has 0 spiro atoms. The fourth-order valence-corrected chi connectivity index (χ4v) is 1.43. The molecule has 0 aromatic heterocycles. The average molecular weight is 266 g/mol. The first kappa shape index (κ1) is 15.3. The van der Waals surface area contributed by atoms with Gasteiger partial charge in [0.25, 0.3) is 0 Å². The minimum atomic E-state index is -5.74. The molecule has 0 saturated carbocycles. The molecule has 0 aromatic rings. The van der Waals surface area contributed by atoms with E-state index >= 15 is 0 Å². The minimum absolute atomic E-state index is 0.685. The zero-order valence-corrected chi connectivity index (χ0v) is 9.07. The highest BCUT2D eigenvalue weighted by molar-refractivity contribution is 7.87. The molecule has 0 radical (unpaired) electrons. The summed E-state index contributed by atoms with van der Waals surface area (Å²) < 4.78 is 79.6. The minimum Gasteiger partial charge on any atom is -0.311 e. The Kier molecular flexibility index (Phi) is 4.89. The van der Waals surface area contributed by atoms with Gasteiger partial charge >= 0.3 is 21.5 Å². The lowest BCUT2D eigenvalue weighted by Gasteiger charge is -2.24. The third-order valence-corrected chi connectivity index (χ3v) is 2.72. The van der Waals surface area contributed by atoms with E-state index in [1.807, 2.05) is 0 Å². The van der Waals surface area contributed by atoms with Crippen molar-refractivity contribution >= 4 is 10.1 Å². The maximum atomic E-state index is 12.9. The highest BCUT2D eigenvalue weighted by Crippen LogP contribution is 2.40. The predicted molar refractivity (Wildman–Crippen MR) is 46.6 cm³/mol. The van der Waals surface area contributed by atoms with Gasteiger partial charge in [0.1, 0.15) is 0 Å². The lowest BCUT2D eigenvalue weighted by molar-refractivity contribution is -0.314. The molecular formula is C7H10F4O4S. The van der Waals surface area contributed by atoms with Gasteiger partial charge in [-0.25, -0.2) is 0 Å². The van der Waals surface area contributed by atoms with Crippen LogP contribution in [0.15, 0.2) is 12.7 Å². The van der Waals surface area contributed by atoms with Gasteiger partial charge in [0.05, 0.1) is 13.2 Å². The van der Waals surface area contributed by atoms with Crippen LogP contribution in [-0.2, 0) is 19.0 Å². The molecule has 16 heavy (non-hydrogen) atoms. The van der Waals surface area contributed by atoms with E-state index in [4.69, 9.17) is 0 Å². The van der Waals surface area contributed by atoms with Crippen LogP contribution in [0.25, 0.3) is 0 Å². The monoisotopic (exact) mass is 266 g/mol. The molecule has 0 fully saturated rings. The number of alkyl halides is 4. The summed E-state index contributed by atoms with van der Waals surface area (Å²) in [4.78, 5) is 0. The van der Waals surface area contributed by atoms with Gasteiger partial charge in [-0.3, -0.25) is 4.18 Å². The van der Waals surface area contributed by atoms with Crippen LogP contribution in [0.3, 0.4) is 0 Å². The van der Waals surface area contributed by atoms with Crippen molar-refractivity contribution in [1.29, 1.82) is 0 Å². The van der Waals surface area contributed by atoms with Crippen LogP contribution in [0.2, 0.25) is 0 Å². The van der Waals surface area contributed by atoms with Gasteiger partial charge in [-0.2, -0.15) is 26.0 Å². The molecule has 96 valence electrons. The van der Waals surface area contributed by atoms with E-state index in [0.717, 1.165) is 13.0 Å². The highest BCUT2D eigenvalue weighted by Gasteiger charge is 2.68. The Balaban J connectivity index is 5.09. The van der Waals surface area contributed by atoms with Crippen LogP contribution in [0, 0.1) is 0 Å². The number of hydrogen-bond donors (Lipinski definition) is 0. The predicted octanol–water partition coefficient (Wildman–Crippen LogP) is 1.74. The van der Waals surface area contributed by atoms with Crippen molar-refractivity contribution in [2.24, 2.45) is 0 Å². The van der Waals surface area contributed by atoms with E-state index in [1.165, 1.54) is 0 Å². The van der Waals surface area contributed by atoms with Crippen molar-refractivity contribution in [2.75, 3.05) is 13.2 Å². The summed E-state index contributed by atoms with van der Waals surface area (Å²) in [5.41, 5.74) is 0. The Morgan fingerprint density at radius 2 is 1.81 bits per heavy atom. The Bertz CT molecular complexity index is 338.